The van der Waals surface area contributed by atoms with Gasteiger partial charge in [-0.1, -0.05) is 69.4 Å². The van der Waals surface area contributed by atoms with Gasteiger partial charge in [0.2, 0.25) is 0 Å². The summed E-state index contributed by atoms with van der Waals surface area (Å²) in [6.45, 7) is 3.21. The average Bonchev–Trinajstić information content (AvgIpc) is 2.38. The molecule has 0 aromatic heterocycles. The number of hydrogen-bond donors (Lipinski definition) is 0. The van der Waals surface area contributed by atoms with E-state index in [-0.39, 0.29) is 0 Å². The topological polar surface area (TPSA) is 9.23 Å². The van der Waals surface area contributed by atoms with E-state index in [2.05, 4.69) is 37.3 Å². The average molecular weight is 270 g/mol. The molecule has 1 nitrogen and oxygen atoms in total. The molecule has 0 N–H and O–H groups in total. The fraction of sp³-hybridized carbons (Fsp3) is 0.571. The summed E-state index contributed by atoms with van der Waals surface area (Å²) in [5, 5.41) is 1.41. The third-order valence-electron chi connectivity index (χ3n) is 2.64. The standard InChI is InChI=1S/C14H24OP2/c1-2-3-4-5-6-10-13-15-17-16-14-11-8-7-9-12-14/h7-9,11-12,16-17H,2-6,10,13H2,1H3. The molecule has 0 saturated carbocycles. The minimum atomic E-state index is 0.650. The molecule has 0 amide bonds. The first-order chi connectivity index (χ1) is 8.43. The molecule has 1 rings (SSSR count). The molecular weight excluding hydrogens is 246 g/mol. The lowest BCUT2D eigenvalue weighted by Crippen LogP contribution is -1.89. The quantitative estimate of drug-likeness (QED) is 0.435. The molecule has 0 spiro atoms. The van der Waals surface area contributed by atoms with Crippen LogP contribution in [0.4, 0.5) is 0 Å². The van der Waals surface area contributed by atoms with Crippen LogP contribution in [0.5, 0.6) is 0 Å². The van der Waals surface area contributed by atoms with Crippen LogP contribution in [-0.4, -0.2) is 6.61 Å². The van der Waals surface area contributed by atoms with Crippen LogP contribution >= 0.6 is 16.8 Å². The van der Waals surface area contributed by atoms with Gasteiger partial charge in [0.05, 0.1) is 6.61 Å². The third-order valence-corrected chi connectivity index (χ3v) is 5.32. The van der Waals surface area contributed by atoms with Crippen molar-refractivity contribution in [2.75, 3.05) is 6.61 Å². The van der Waals surface area contributed by atoms with E-state index in [1.54, 1.807) is 0 Å². The second-order valence-corrected chi connectivity index (χ2v) is 6.89. The summed E-state index contributed by atoms with van der Waals surface area (Å²) in [5.41, 5.74) is 0. The van der Waals surface area contributed by atoms with Gasteiger partial charge in [-0.05, 0) is 20.0 Å². The van der Waals surface area contributed by atoms with Crippen LogP contribution in [0, 0.1) is 0 Å². The minimum Gasteiger partial charge on any atom is -0.358 e. The second kappa shape index (κ2) is 11.1. The third kappa shape index (κ3) is 8.72. The van der Waals surface area contributed by atoms with Crippen LogP contribution in [-0.2, 0) is 4.52 Å². The molecule has 2 unspecified atom stereocenters. The molecule has 17 heavy (non-hydrogen) atoms. The maximum atomic E-state index is 5.68. The number of unbranched alkanes of at least 4 members (excludes halogenated alkanes) is 5. The fourth-order valence-electron chi connectivity index (χ4n) is 1.62. The minimum absolute atomic E-state index is 0.650. The van der Waals surface area contributed by atoms with Crippen molar-refractivity contribution >= 4 is 22.1 Å². The van der Waals surface area contributed by atoms with Crippen molar-refractivity contribution in [2.45, 2.75) is 45.4 Å². The Morgan fingerprint density at radius 2 is 1.65 bits per heavy atom. The van der Waals surface area contributed by atoms with E-state index in [0.717, 1.165) is 14.9 Å². The number of rotatable bonds is 10. The van der Waals surface area contributed by atoms with Crippen LogP contribution in [0.2, 0.25) is 0 Å². The van der Waals surface area contributed by atoms with Crippen molar-refractivity contribution in [3.05, 3.63) is 30.3 Å². The van der Waals surface area contributed by atoms with Gasteiger partial charge in [0.1, 0.15) is 0 Å². The Kier molecular flexibility index (Phi) is 9.90. The molecule has 0 heterocycles. The zero-order chi connectivity index (χ0) is 12.2. The number of hydrogen-bond acceptors (Lipinski definition) is 1. The smallest absolute Gasteiger partial charge is 0.0510 e. The van der Waals surface area contributed by atoms with E-state index in [9.17, 15) is 0 Å². The maximum Gasteiger partial charge on any atom is 0.0510 e. The Morgan fingerprint density at radius 1 is 0.941 bits per heavy atom. The van der Waals surface area contributed by atoms with E-state index < -0.39 is 0 Å². The Morgan fingerprint density at radius 3 is 2.41 bits per heavy atom. The zero-order valence-corrected chi connectivity index (χ0v) is 12.7. The van der Waals surface area contributed by atoms with E-state index in [1.807, 2.05) is 0 Å². The molecule has 96 valence electrons. The largest absolute Gasteiger partial charge is 0.358 e. The Balaban J connectivity index is 1.85. The first-order valence-corrected chi connectivity index (χ1v) is 9.52. The summed E-state index contributed by atoms with van der Waals surface area (Å²) >= 11 is 0. The molecule has 0 aliphatic rings. The SMILES string of the molecule is CCCCCCCCOPPc1ccccc1. The van der Waals surface area contributed by atoms with Gasteiger partial charge >= 0.3 is 0 Å². The monoisotopic (exact) mass is 270 g/mol. The van der Waals surface area contributed by atoms with E-state index in [4.69, 9.17) is 4.52 Å². The molecule has 0 aliphatic carbocycles. The van der Waals surface area contributed by atoms with Crippen LogP contribution in [0.25, 0.3) is 0 Å². The van der Waals surface area contributed by atoms with Crippen molar-refractivity contribution in [1.29, 1.82) is 0 Å². The normalized spacial score (nSPS) is 12.1. The predicted molar refractivity (Wildman–Crippen MR) is 82.0 cm³/mol. The van der Waals surface area contributed by atoms with Crippen molar-refractivity contribution in [3.63, 3.8) is 0 Å². The summed E-state index contributed by atoms with van der Waals surface area (Å²) in [6, 6.07) is 10.6. The predicted octanol–water partition coefficient (Wildman–Crippen LogP) is 4.88. The lowest BCUT2D eigenvalue weighted by Gasteiger charge is -2.04. The van der Waals surface area contributed by atoms with Crippen LogP contribution in [0.1, 0.15) is 45.4 Å². The summed E-state index contributed by atoms with van der Waals surface area (Å²) in [4.78, 5) is 0. The first-order valence-electron chi connectivity index (χ1n) is 6.61. The van der Waals surface area contributed by atoms with Crippen molar-refractivity contribution in [2.24, 2.45) is 0 Å². The molecule has 0 radical (unpaired) electrons. The van der Waals surface area contributed by atoms with Gasteiger partial charge in [-0.15, -0.1) is 0 Å². The van der Waals surface area contributed by atoms with Crippen molar-refractivity contribution in [3.8, 4) is 0 Å². The van der Waals surface area contributed by atoms with Gasteiger partial charge in [-0.2, -0.15) is 0 Å². The molecule has 2 atom stereocenters. The van der Waals surface area contributed by atoms with Gasteiger partial charge in [0, 0.05) is 8.50 Å². The lowest BCUT2D eigenvalue weighted by molar-refractivity contribution is 0.350. The van der Waals surface area contributed by atoms with Gasteiger partial charge in [-0.25, -0.2) is 0 Å². The molecule has 1 aromatic rings. The van der Waals surface area contributed by atoms with Crippen molar-refractivity contribution < 1.29 is 4.52 Å². The summed E-state index contributed by atoms with van der Waals surface area (Å²) in [7, 11) is 1.47. The van der Waals surface area contributed by atoms with Gasteiger partial charge < -0.3 is 4.52 Å². The molecule has 0 aliphatic heterocycles. The molecule has 1 aromatic carbocycles. The first kappa shape index (κ1) is 15.1. The molecule has 3 heteroatoms. The Bertz CT molecular complexity index is 264. The van der Waals surface area contributed by atoms with Crippen LogP contribution < -0.4 is 5.30 Å². The van der Waals surface area contributed by atoms with E-state index in [0.29, 0.717) is 8.50 Å². The molecular formula is C14H24OP2. The fourth-order valence-corrected chi connectivity index (χ4v) is 3.79. The highest BCUT2D eigenvalue weighted by Gasteiger charge is 1.93. The Hall–Kier alpha value is 0.0400. The van der Waals surface area contributed by atoms with Crippen LogP contribution in [0.3, 0.4) is 0 Å². The Labute approximate surface area is 109 Å². The van der Waals surface area contributed by atoms with Crippen LogP contribution in [0.15, 0.2) is 30.3 Å². The summed E-state index contributed by atoms with van der Waals surface area (Å²) in [6.07, 6.45) is 8.05. The highest BCUT2D eigenvalue weighted by molar-refractivity contribution is 8.13. The van der Waals surface area contributed by atoms with E-state index in [1.165, 1.54) is 43.8 Å². The zero-order valence-electron chi connectivity index (χ0n) is 10.7. The highest BCUT2D eigenvalue weighted by Crippen LogP contribution is 2.36. The molecule has 0 saturated heterocycles. The second-order valence-electron chi connectivity index (χ2n) is 4.21. The lowest BCUT2D eigenvalue weighted by atomic mass is 10.1. The van der Waals surface area contributed by atoms with Gasteiger partial charge in [-0.3, -0.25) is 0 Å². The number of benzene rings is 1. The summed E-state index contributed by atoms with van der Waals surface area (Å²) < 4.78 is 5.68. The van der Waals surface area contributed by atoms with E-state index >= 15 is 0 Å². The van der Waals surface area contributed by atoms with Crippen molar-refractivity contribution in [1.82, 2.24) is 0 Å². The molecule has 0 bridgehead atoms. The molecule has 0 fully saturated rings. The van der Waals surface area contributed by atoms with Gasteiger partial charge in [0.25, 0.3) is 0 Å². The maximum absolute atomic E-state index is 5.68. The van der Waals surface area contributed by atoms with Gasteiger partial charge in [0.15, 0.2) is 0 Å². The summed E-state index contributed by atoms with van der Waals surface area (Å²) in [5.74, 6) is 0. The highest BCUT2D eigenvalue weighted by atomic mass is 32.0.